The van der Waals surface area contributed by atoms with Gasteiger partial charge in [-0.1, -0.05) is 26.8 Å². The van der Waals surface area contributed by atoms with Crippen LogP contribution in [-0.4, -0.2) is 20.0 Å². The van der Waals surface area contributed by atoms with Crippen LogP contribution in [0.5, 0.6) is 0 Å². The number of hydrogen-bond donors (Lipinski definition) is 0. The van der Waals surface area contributed by atoms with E-state index >= 15 is 0 Å². The summed E-state index contributed by atoms with van der Waals surface area (Å²) in [6.45, 7) is 6.67. The van der Waals surface area contributed by atoms with E-state index in [1.807, 2.05) is 6.92 Å². The number of alkyl halides is 1. The van der Waals surface area contributed by atoms with Crippen LogP contribution in [0.3, 0.4) is 0 Å². The van der Waals surface area contributed by atoms with Gasteiger partial charge in [0.15, 0.2) is 0 Å². The first-order chi connectivity index (χ1) is 7.35. The van der Waals surface area contributed by atoms with Crippen molar-refractivity contribution < 1.29 is 17.0 Å². The van der Waals surface area contributed by atoms with Crippen LogP contribution in [0.25, 0.3) is 0 Å². The zero-order chi connectivity index (χ0) is 12.8. The van der Waals surface area contributed by atoms with Gasteiger partial charge in [-0.05, 0) is 25.3 Å². The topological polar surface area (TPSA) is 43.4 Å². The van der Waals surface area contributed by atoms with Crippen molar-refractivity contribution >= 4 is 10.1 Å². The monoisotopic (exact) mass is 252 g/mol. The maximum absolute atomic E-state index is 14.4. The quantitative estimate of drug-likeness (QED) is 0.516. The number of hydrogen-bond acceptors (Lipinski definition) is 3. The SMILES string of the molecule is CCC=C(CC)C(F)(CC)OS(=O)(=O)CC. The van der Waals surface area contributed by atoms with Crippen molar-refractivity contribution in [1.29, 1.82) is 0 Å². The molecule has 16 heavy (non-hydrogen) atoms. The van der Waals surface area contributed by atoms with Gasteiger partial charge in [-0.3, -0.25) is 0 Å². The molecule has 1 unspecified atom stereocenters. The van der Waals surface area contributed by atoms with E-state index in [0.29, 0.717) is 18.4 Å². The summed E-state index contributed by atoms with van der Waals surface area (Å²) in [5, 5.41) is 0. The average Bonchev–Trinajstić information content (AvgIpc) is 2.25. The molecule has 5 heteroatoms. The van der Waals surface area contributed by atoms with Crippen LogP contribution in [0.2, 0.25) is 0 Å². The summed E-state index contributed by atoms with van der Waals surface area (Å²) in [6.07, 6.45) is 2.78. The lowest BCUT2D eigenvalue weighted by Crippen LogP contribution is -2.32. The molecule has 0 aromatic heterocycles. The Hall–Kier alpha value is -0.420. The Bertz CT molecular complexity index is 335. The molecule has 0 saturated carbocycles. The summed E-state index contributed by atoms with van der Waals surface area (Å²) >= 11 is 0. The fourth-order valence-electron chi connectivity index (χ4n) is 1.41. The van der Waals surface area contributed by atoms with Crippen molar-refractivity contribution in [3.8, 4) is 0 Å². The first-order valence-electron chi connectivity index (χ1n) is 5.66. The molecule has 96 valence electrons. The molecule has 0 rings (SSSR count). The molecule has 0 aromatic carbocycles. The lowest BCUT2D eigenvalue weighted by Gasteiger charge is -2.25. The fourth-order valence-corrected chi connectivity index (χ4v) is 2.15. The maximum atomic E-state index is 14.4. The predicted molar refractivity (Wildman–Crippen MR) is 63.3 cm³/mol. The van der Waals surface area contributed by atoms with E-state index in [0.717, 1.165) is 0 Å². The van der Waals surface area contributed by atoms with Gasteiger partial charge in [0.05, 0.1) is 5.75 Å². The summed E-state index contributed by atoms with van der Waals surface area (Å²) in [7, 11) is -3.78. The predicted octanol–water partition coefficient (Wildman–Crippen LogP) is 3.17. The largest absolute Gasteiger partial charge is 0.270 e. The smallest absolute Gasteiger partial charge is 0.226 e. The molecule has 0 aliphatic carbocycles. The van der Waals surface area contributed by atoms with Crippen LogP contribution in [-0.2, 0) is 14.3 Å². The molecule has 0 saturated heterocycles. The Morgan fingerprint density at radius 3 is 2.19 bits per heavy atom. The van der Waals surface area contributed by atoms with Gasteiger partial charge in [-0.15, -0.1) is 0 Å². The Labute approximate surface area is 97.8 Å². The Morgan fingerprint density at radius 2 is 1.88 bits per heavy atom. The van der Waals surface area contributed by atoms with Crippen molar-refractivity contribution in [3.05, 3.63) is 11.6 Å². The standard InChI is InChI=1S/C11H21FO3S/c1-5-9-10(6-2)11(12,7-3)15-16(13,14)8-4/h9H,5-8H2,1-4H3. The van der Waals surface area contributed by atoms with Crippen LogP contribution in [0.15, 0.2) is 11.6 Å². The first kappa shape index (κ1) is 15.6. The van der Waals surface area contributed by atoms with E-state index in [2.05, 4.69) is 4.18 Å². The molecular formula is C11H21FO3S. The molecular weight excluding hydrogens is 231 g/mol. The maximum Gasteiger partial charge on any atom is 0.270 e. The zero-order valence-corrected chi connectivity index (χ0v) is 11.2. The first-order valence-corrected chi connectivity index (χ1v) is 7.24. The fraction of sp³-hybridized carbons (Fsp3) is 0.818. The molecule has 0 heterocycles. The third-order valence-electron chi connectivity index (χ3n) is 2.38. The van der Waals surface area contributed by atoms with Crippen LogP contribution in [0.1, 0.15) is 47.0 Å². The van der Waals surface area contributed by atoms with Gasteiger partial charge in [0.25, 0.3) is 10.1 Å². The van der Waals surface area contributed by atoms with Gasteiger partial charge in [-0.25, -0.2) is 8.57 Å². The van der Waals surface area contributed by atoms with Crippen LogP contribution >= 0.6 is 0 Å². The number of rotatable bonds is 7. The summed E-state index contributed by atoms with van der Waals surface area (Å²) in [5.74, 6) is -2.40. The van der Waals surface area contributed by atoms with Crippen molar-refractivity contribution in [2.45, 2.75) is 52.8 Å². The molecule has 3 nitrogen and oxygen atoms in total. The van der Waals surface area contributed by atoms with E-state index in [4.69, 9.17) is 0 Å². The molecule has 0 amide bonds. The molecule has 0 aliphatic rings. The normalized spacial score (nSPS) is 17.2. The Kier molecular flexibility index (Phi) is 6.18. The highest BCUT2D eigenvalue weighted by atomic mass is 32.2. The van der Waals surface area contributed by atoms with Gasteiger partial charge < -0.3 is 0 Å². The van der Waals surface area contributed by atoms with E-state index in [-0.39, 0.29) is 12.2 Å². The second kappa shape index (κ2) is 6.35. The molecule has 0 aliphatic heterocycles. The highest BCUT2D eigenvalue weighted by molar-refractivity contribution is 7.86. The van der Waals surface area contributed by atoms with Crippen molar-refractivity contribution in [2.75, 3.05) is 5.75 Å². The van der Waals surface area contributed by atoms with E-state index in [9.17, 15) is 12.8 Å². The number of halogens is 1. The Morgan fingerprint density at radius 1 is 1.31 bits per heavy atom. The van der Waals surface area contributed by atoms with Crippen molar-refractivity contribution in [3.63, 3.8) is 0 Å². The minimum absolute atomic E-state index is 0.00803. The number of allylic oxidation sites excluding steroid dienone is 1. The second-order valence-electron chi connectivity index (χ2n) is 3.50. The van der Waals surface area contributed by atoms with Gasteiger partial charge in [-0.2, -0.15) is 8.42 Å². The highest BCUT2D eigenvalue weighted by Crippen LogP contribution is 2.32. The van der Waals surface area contributed by atoms with E-state index in [1.54, 1.807) is 19.9 Å². The van der Waals surface area contributed by atoms with Gasteiger partial charge >= 0.3 is 0 Å². The summed E-state index contributed by atoms with van der Waals surface area (Å²) < 4.78 is 41.7. The Balaban J connectivity index is 5.12. The van der Waals surface area contributed by atoms with E-state index in [1.165, 1.54) is 6.92 Å². The van der Waals surface area contributed by atoms with Gasteiger partial charge in [0, 0.05) is 6.42 Å². The molecule has 0 aromatic rings. The molecule has 0 bridgehead atoms. The van der Waals surface area contributed by atoms with Crippen LogP contribution in [0.4, 0.5) is 4.39 Å². The van der Waals surface area contributed by atoms with Crippen molar-refractivity contribution in [1.82, 2.24) is 0 Å². The third-order valence-corrected chi connectivity index (χ3v) is 3.60. The van der Waals surface area contributed by atoms with Gasteiger partial charge in [0.1, 0.15) is 0 Å². The molecule has 0 fully saturated rings. The molecule has 0 radical (unpaired) electrons. The van der Waals surface area contributed by atoms with Crippen LogP contribution < -0.4 is 0 Å². The minimum Gasteiger partial charge on any atom is -0.226 e. The second-order valence-corrected chi connectivity index (χ2v) is 5.36. The molecule has 1 atom stereocenters. The summed E-state index contributed by atoms with van der Waals surface area (Å²) in [5.41, 5.74) is 0.398. The summed E-state index contributed by atoms with van der Waals surface area (Å²) in [4.78, 5) is 0. The molecule has 0 spiro atoms. The third kappa shape index (κ3) is 4.22. The average molecular weight is 252 g/mol. The summed E-state index contributed by atoms with van der Waals surface area (Å²) in [6, 6.07) is 0. The van der Waals surface area contributed by atoms with Crippen molar-refractivity contribution in [2.24, 2.45) is 0 Å². The van der Waals surface area contributed by atoms with E-state index < -0.39 is 16.0 Å². The highest BCUT2D eigenvalue weighted by Gasteiger charge is 2.36. The molecule has 0 N–H and O–H groups in total. The lowest BCUT2D eigenvalue weighted by atomic mass is 10.0. The zero-order valence-electron chi connectivity index (χ0n) is 10.4. The lowest BCUT2D eigenvalue weighted by molar-refractivity contribution is -0.0259. The minimum atomic E-state index is -3.78. The van der Waals surface area contributed by atoms with Crippen LogP contribution in [0, 0.1) is 0 Å². The van der Waals surface area contributed by atoms with Gasteiger partial charge in [0.2, 0.25) is 5.85 Å².